The average Bonchev–Trinajstić information content (AvgIpc) is 3.43. The summed E-state index contributed by atoms with van der Waals surface area (Å²) in [6.07, 6.45) is 7.33. The number of anilines is 2. The number of nitrogens with zero attached hydrogens (tertiary/aromatic N) is 7. The zero-order valence-electron chi connectivity index (χ0n) is 24.2. The molecular formula is C29H39ClN10O2. The molecule has 1 unspecified atom stereocenters. The lowest BCUT2D eigenvalue weighted by Crippen LogP contribution is -2.43. The number of pyridine rings is 2. The molecule has 13 heteroatoms. The molecular weight excluding hydrogens is 556 g/mol. The summed E-state index contributed by atoms with van der Waals surface area (Å²) in [6, 6.07) is 11.3. The SMILES string of the molecule is CC(COCc1nnn(C)n1)N[C@H]1CC[C@H](Nc2cc(-c3cccc(NCC4(C#N)CCOCC4)n3)c(Cl)cn2)CC1. The first-order valence-electron chi connectivity index (χ1n) is 14.6. The molecule has 12 nitrogen and oxygen atoms in total. The summed E-state index contributed by atoms with van der Waals surface area (Å²) >= 11 is 6.57. The average molecular weight is 595 g/mol. The number of rotatable bonds is 12. The molecule has 42 heavy (non-hydrogen) atoms. The van der Waals surface area contributed by atoms with Crippen molar-refractivity contribution in [2.45, 2.75) is 70.2 Å². The molecule has 0 bridgehead atoms. The van der Waals surface area contributed by atoms with Gasteiger partial charge in [-0.25, -0.2) is 9.97 Å². The fraction of sp³-hybridized carbons (Fsp3) is 0.586. The maximum absolute atomic E-state index is 9.76. The molecule has 1 saturated heterocycles. The molecule has 0 aromatic carbocycles. The van der Waals surface area contributed by atoms with Crippen LogP contribution in [0.1, 0.15) is 51.3 Å². The Hall–Kier alpha value is -3.37. The molecule has 4 heterocycles. The summed E-state index contributed by atoms with van der Waals surface area (Å²) in [7, 11) is 1.74. The zero-order chi connectivity index (χ0) is 29.4. The monoisotopic (exact) mass is 594 g/mol. The van der Waals surface area contributed by atoms with E-state index in [0.717, 1.165) is 55.6 Å². The van der Waals surface area contributed by atoms with Gasteiger partial charge in [-0.3, -0.25) is 0 Å². The van der Waals surface area contributed by atoms with Crippen LogP contribution in [0, 0.1) is 16.7 Å². The van der Waals surface area contributed by atoms with Crippen molar-refractivity contribution in [3.63, 3.8) is 0 Å². The number of nitriles is 1. The number of ether oxygens (including phenoxy) is 2. The first kappa shape index (κ1) is 30.1. The van der Waals surface area contributed by atoms with Gasteiger partial charge in [0.25, 0.3) is 0 Å². The van der Waals surface area contributed by atoms with Gasteiger partial charge in [0, 0.05) is 49.6 Å². The molecule has 5 rings (SSSR count). The minimum atomic E-state index is -0.433. The molecule has 0 radical (unpaired) electrons. The Balaban J connectivity index is 1.10. The quantitative estimate of drug-likeness (QED) is 0.280. The fourth-order valence-electron chi connectivity index (χ4n) is 5.52. The molecule has 1 saturated carbocycles. The number of hydrogen-bond acceptors (Lipinski definition) is 11. The first-order valence-corrected chi connectivity index (χ1v) is 15.0. The maximum Gasteiger partial charge on any atom is 0.200 e. The highest BCUT2D eigenvalue weighted by Crippen LogP contribution is 2.32. The molecule has 1 atom stereocenters. The lowest BCUT2D eigenvalue weighted by molar-refractivity contribution is 0.0455. The molecule has 1 aliphatic carbocycles. The third kappa shape index (κ3) is 8.13. The van der Waals surface area contributed by atoms with Gasteiger partial charge in [0.2, 0.25) is 0 Å². The van der Waals surface area contributed by atoms with E-state index in [0.29, 0.717) is 61.7 Å². The van der Waals surface area contributed by atoms with E-state index >= 15 is 0 Å². The van der Waals surface area contributed by atoms with Crippen molar-refractivity contribution < 1.29 is 9.47 Å². The number of tetrazole rings is 1. The smallest absolute Gasteiger partial charge is 0.200 e. The van der Waals surface area contributed by atoms with Crippen LogP contribution in [-0.2, 0) is 23.1 Å². The van der Waals surface area contributed by atoms with Gasteiger partial charge in [0.15, 0.2) is 5.82 Å². The summed E-state index contributed by atoms with van der Waals surface area (Å²) in [5.41, 5.74) is 1.14. The van der Waals surface area contributed by atoms with Crippen molar-refractivity contribution in [1.29, 1.82) is 5.26 Å². The maximum atomic E-state index is 9.76. The highest BCUT2D eigenvalue weighted by molar-refractivity contribution is 6.33. The number of nitrogens with one attached hydrogen (secondary N) is 3. The van der Waals surface area contributed by atoms with Crippen molar-refractivity contribution >= 4 is 23.2 Å². The Bertz CT molecular complexity index is 1350. The van der Waals surface area contributed by atoms with Crippen LogP contribution in [0.4, 0.5) is 11.6 Å². The lowest BCUT2D eigenvalue weighted by Gasteiger charge is -2.32. The van der Waals surface area contributed by atoms with E-state index in [1.807, 2.05) is 24.3 Å². The van der Waals surface area contributed by atoms with Gasteiger partial charge in [0.1, 0.15) is 18.2 Å². The molecule has 2 aliphatic rings. The lowest BCUT2D eigenvalue weighted by atomic mass is 9.82. The standard InChI is InChI=1S/C29H39ClN10O2/c1-20(16-42-17-28-37-39-40(2)38-28)34-21-6-8-22(9-7-21)35-27-14-23(24(30)15-32-27)25-4-3-5-26(36-25)33-19-29(18-31)10-12-41-13-11-29/h3-5,14-15,20-22,34H,6-13,16-17,19H2,1-2H3,(H,32,35)(H,33,36)/t20?,21-,22-. The van der Waals surface area contributed by atoms with Gasteiger partial charge in [0.05, 0.1) is 35.9 Å². The van der Waals surface area contributed by atoms with Gasteiger partial charge in [-0.15, -0.1) is 10.2 Å². The highest BCUT2D eigenvalue weighted by Gasteiger charge is 2.32. The summed E-state index contributed by atoms with van der Waals surface area (Å²) < 4.78 is 11.2. The molecule has 2 fully saturated rings. The van der Waals surface area contributed by atoms with Crippen molar-refractivity contribution in [2.75, 3.05) is 37.0 Å². The summed E-state index contributed by atoms with van der Waals surface area (Å²) in [4.78, 5) is 10.8. The molecule has 1 aliphatic heterocycles. The van der Waals surface area contributed by atoms with Crippen LogP contribution >= 0.6 is 11.6 Å². The number of halogens is 1. The van der Waals surface area contributed by atoms with E-state index in [1.54, 1.807) is 13.2 Å². The van der Waals surface area contributed by atoms with Crippen LogP contribution in [-0.4, -0.2) is 74.7 Å². The Morgan fingerprint density at radius 2 is 1.98 bits per heavy atom. The molecule has 3 aromatic rings. The van der Waals surface area contributed by atoms with Gasteiger partial charge < -0.3 is 25.4 Å². The second kappa shape index (κ2) is 14.2. The van der Waals surface area contributed by atoms with E-state index in [-0.39, 0.29) is 6.04 Å². The van der Waals surface area contributed by atoms with Crippen molar-refractivity contribution in [2.24, 2.45) is 12.5 Å². The van der Waals surface area contributed by atoms with Crippen LogP contribution in [0.2, 0.25) is 5.02 Å². The Morgan fingerprint density at radius 3 is 2.71 bits per heavy atom. The minimum Gasteiger partial charge on any atom is -0.381 e. The Labute approximate surface area is 251 Å². The summed E-state index contributed by atoms with van der Waals surface area (Å²) in [5.74, 6) is 2.09. The number of aromatic nitrogens is 6. The Morgan fingerprint density at radius 1 is 1.19 bits per heavy atom. The van der Waals surface area contributed by atoms with Crippen LogP contribution in [0.15, 0.2) is 30.5 Å². The van der Waals surface area contributed by atoms with Crippen LogP contribution in [0.25, 0.3) is 11.3 Å². The highest BCUT2D eigenvalue weighted by atomic mass is 35.5. The third-order valence-corrected chi connectivity index (χ3v) is 8.22. The normalized spacial score (nSPS) is 20.9. The van der Waals surface area contributed by atoms with Gasteiger partial charge in [-0.05, 0) is 68.9 Å². The van der Waals surface area contributed by atoms with Gasteiger partial charge in [-0.1, -0.05) is 17.7 Å². The second-order valence-corrected chi connectivity index (χ2v) is 11.7. The van der Waals surface area contributed by atoms with E-state index in [9.17, 15) is 5.26 Å². The number of hydrogen-bond donors (Lipinski definition) is 3. The second-order valence-electron chi connectivity index (χ2n) is 11.3. The van der Waals surface area contributed by atoms with E-state index in [1.165, 1.54) is 4.80 Å². The largest absolute Gasteiger partial charge is 0.381 e. The Kier molecular flexibility index (Phi) is 10.2. The minimum absolute atomic E-state index is 0.233. The van der Waals surface area contributed by atoms with Crippen LogP contribution in [0.3, 0.4) is 0 Å². The molecule has 3 N–H and O–H groups in total. The number of aryl methyl sites for hydroxylation is 1. The summed E-state index contributed by atoms with van der Waals surface area (Å²) in [6.45, 7) is 4.85. The van der Waals surface area contributed by atoms with E-state index in [4.69, 9.17) is 26.1 Å². The molecule has 3 aromatic heterocycles. The molecule has 0 amide bonds. The zero-order valence-corrected chi connectivity index (χ0v) is 25.0. The molecule has 224 valence electrons. The third-order valence-electron chi connectivity index (χ3n) is 7.92. The predicted molar refractivity (Wildman–Crippen MR) is 160 cm³/mol. The van der Waals surface area contributed by atoms with Crippen molar-refractivity contribution in [1.82, 2.24) is 35.5 Å². The van der Waals surface area contributed by atoms with Crippen molar-refractivity contribution in [3.8, 4) is 17.3 Å². The van der Waals surface area contributed by atoms with E-state index in [2.05, 4.69) is 49.3 Å². The van der Waals surface area contributed by atoms with Crippen LogP contribution < -0.4 is 16.0 Å². The topological polar surface area (TPSA) is 148 Å². The first-order chi connectivity index (χ1) is 20.4. The van der Waals surface area contributed by atoms with E-state index < -0.39 is 5.41 Å². The van der Waals surface area contributed by atoms with Crippen LogP contribution in [0.5, 0.6) is 0 Å². The summed E-state index contributed by atoms with van der Waals surface area (Å²) in [5, 5.41) is 32.9. The fourth-order valence-corrected chi connectivity index (χ4v) is 5.72. The molecule has 0 spiro atoms. The predicted octanol–water partition coefficient (Wildman–Crippen LogP) is 3.97. The van der Waals surface area contributed by atoms with Crippen molar-refractivity contribution in [3.05, 3.63) is 41.3 Å². The van der Waals surface area contributed by atoms with Gasteiger partial charge in [-0.2, -0.15) is 10.1 Å². The van der Waals surface area contributed by atoms with Gasteiger partial charge >= 0.3 is 0 Å².